The van der Waals surface area contributed by atoms with Crippen LogP contribution in [0.1, 0.15) is 42.7 Å². The third kappa shape index (κ3) is 6.11. The topological polar surface area (TPSA) is 105 Å². The smallest absolute Gasteiger partial charge is 0.407 e. The number of nitrogens with one attached hydrogen (secondary N) is 2. The number of thioether (sulfide) groups is 1. The Morgan fingerprint density at radius 1 is 1.00 bits per heavy atom. The van der Waals surface area contributed by atoms with Crippen molar-refractivity contribution in [3.8, 4) is 11.1 Å². The third-order valence-electron chi connectivity index (χ3n) is 6.48. The number of amides is 2. The van der Waals surface area contributed by atoms with E-state index in [9.17, 15) is 14.4 Å². The summed E-state index contributed by atoms with van der Waals surface area (Å²) in [6, 6.07) is 16.5. The van der Waals surface area contributed by atoms with Crippen LogP contribution in [0.2, 0.25) is 0 Å². The predicted molar refractivity (Wildman–Crippen MR) is 132 cm³/mol. The fourth-order valence-electron chi connectivity index (χ4n) is 4.95. The zero-order valence-electron chi connectivity index (χ0n) is 19.0. The number of rotatable bonds is 10. The van der Waals surface area contributed by atoms with Gasteiger partial charge < -0.3 is 20.5 Å². The molecule has 8 heteroatoms. The number of ether oxygens (including phenoxy) is 1. The lowest BCUT2D eigenvalue weighted by molar-refractivity contribution is -0.133. The summed E-state index contributed by atoms with van der Waals surface area (Å²) in [5.41, 5.74) is 4.77. The summed E-state index contributed by atoms with van der Waals surface area (Å²) >= 11 is 1.28. The van der Waals surface area contributed by atoms with E-state index in [1.54, 1.807) is 0 Å². The second kappa shape index (κ2) is 11.4. The van der Waals surface area contributed by atoms with E-state index in [0.29, 0.717) is 18.7 Å². The number of carbonyl (C=O) groups excluding carboxylic acids is 2. The lowest BCUT2D eigenvalue weighted by Gasteiger charge is -2.17. The van der Waals surface area contributed by atoms with Crippen molar-refractivity contribution < 1.29 is 24.2 Å². The lowest BCUT2D eigenvalue weighted by atomic mass is 9.98. The van der Waals surface area contributed by atoms with Gasteiger partial charge in [0.1, 0.15) is 6.61 Å². The van der Waals surface area contributed by atoms with Gasteiger partial charge in [-0.3, -0.25) is 9.59 Å². The van der Waals surface area contributed by atoms with Crippen LogP contribution >= 0.6 is 11.8 Å². The van der Waals surface area contributed by atoms with Crippen molar-refractivity contribution in [2.75, 3.05) is 24.7 Å². The number of carboxylic acid groups (broad SMARTS) is 1. The monoisotopic (exact) mass is 482 g/mol. The molecule has 0 heterocycles. The lowest BCUT2D eigenvalue weighted by Crippen LogP contribution is -2.34. The van der Waals surface area contributed by atoms with E-state index in [2.05, 4.69) is 34.9 Å². The van der Waals surface area contributed by atoms with Crippen LogP contribution in [0.25, 0.3) is 11.1 Å². The van der Waals surface area contributed by atoms with Gasteiger partial charge in [0.15, 0.2) is 0 Å². The first kappa shape index (κ1) is 24.1. The predicted octanol–water partition coefficient (Wildman–Crippen LogP) is 4.02. The number of carbonyl (C=O) groups is 3. The van der Waals surface area contributed by atoms with Crippen LogP contribution in [0.4, 0.5) is 4.79 Å². The number of aliphatic carboxylic acids is 1. The molecule has 4 rings (SSSR count). The van der Waals surface area contributed by atoms with E-state index >= 15 is 0 Å². The maximum Gasteiger partial charge on any atom is 0.407 e. The number of alkyl carbamates (subject to hydrolysis) is 1. The minimum Gasteiger partial charge on any atom is -0.481 e. The van der Waals surface area contributed by atoms with Crippen molar-refractivity contribution in [2.45, 2.75) is 37.6 Å². The van der Waals surface area contributed by atoms with Crippen LogP contribution in [0.5, 0.6) is 0 Å². The Labute approximate surface area is 203 Å². The zero-order chi connectivity index (χ0) is 23.9. The Morgan fingerprint density at radius 3 is 2.35 bits per heavy atom. The molecule has 3 N–H and O–H groups in total. The standard InChI is InChI=1S/C26H30N2O5S/c29-24(27-11-12-34-16-25(30)31)14-17-9-10-18(13-17)28-26(32)33-15-23-21-7-3-1-5-19(21)20-6-2-4-8-22(20)23/h1-8,17-18,23H,9-16H2,(H,27,29)(H,28,32)(H,30,31)/t17-,18+/m1/s1. The average molecular weight is 483 g/mol. The highest BCUT2D eigenvalue weighted by Crippen LogP contribution is 2.44. The Hall–Kier alpha value is -3.00. The van der Waals surface area contributed by atoms with Crippen molar-refractivity contribution in [3.63, 3.8) is 0 Å². The summed E-state index contributed by atoms with van der Waals surface area (Å²) in [7, 11) is 0. The highest BCUT2D eigenvalue weighted by Gasteiger charge is 2.31. The quantitative estimate of drug-likeness (QED) is 0.442. The number of fused-ring (bicyclic) bond motifs is 3. The third-order valence-corrected chi connectivity index (χ3v) is 7.42. The molecule has 180 valence electrons. The van der Waals surface area contributed by atoms with Crippen LogP contribution in [-0.2, 0) is 14.3 Å². The van der Waals surface area contributed by atoms with Gasteiger partial charge in [-0.2, -0.15) is 0 Å². The molecule has 1 saturated carbocycles. The van der Waals surface area contributed by atoms with Gasteiger partial charge in [0.05, 0.1) is 5.75 Å². The molecule has 2 aliphatic carbocycles. The second-order valence-electron chi connectivity index (χ2n) is 8.85. The van der Waals surface area contributed by atoms with Gasteiger partial charge in [-0.25, -0.2) is 4.79 Å². The van der Waals surface area contributed by atoms with E-state index in [1.807, 2.05) is 24.3 Å². The Bertz CT molecular complexity index is 998. The molecule has 2 aliphatic rings. The average Bonchev–Trinajstić information content (AvgIpc) is 3.39. The van der Waals surface area contributed by atoms with E-state index in [1.165, 1.54) is 34.0 Å². The molecule has 0 bridgehead atoms. The minimum atomic E-state index is -0.850. The van der Waals surface area contributed by atoms with Crippen LogP contribution in [0, 0.1) is 5.92 Å². The van der Waals surface area contributed by atoms with Crippen molar-refractivity contribution in [3.05, 3.63) is 59.7 Å². The van der Waals surface area contributed by atoms with E-state index in [0.717, 1.165) is 19.3 Å². The van der Waals surface area contributed by atoms with E-state index < -0.39 is 12.1 Å². The molecular formula is C26H30N2O5S. The van der Waals surface area contributed by atoms with Gasteiger partial charge in [-0.1, -0.05) is 48.5 Å². The Morgan fingerprint density at radius 2 is 1.68 bits per heavy atom. The second-order valence-corrected chi connectivity index (χ2v) is 9.95. The molecule has 0 saturated heterocycles. The highest BCUT2D eigenvalue weighted by atomic mass is 32.2. The molecule has 0 unspecified atom stereocenters. The maximum absolute atomic E-state index is 12.5. The molecule has 1 fully saturated rings. The minimum absolute atomic E-state index is 0.0135. The maximum atomic E-state index is 12.5. The summed E-state index contributed by atoms with van der Waals surface area (Å²) in [6.07, 6.45) is 2.48. The van der Waals surface area contributed by atoms with E-state index in [4.69, 9.17) is 9.84 Å². The van der Waals surface area contributed by atoms with Crippen LogP contribution in [-0.4, -0.2) is 53.8 Å². The summed E-state index contributed by atoms with van der Waals surface area (Å²) < 4.78 is 5.64. The van der Waals surface area contributed by atoms with Crippen molar-refractivity contribution in [2.24, 2.45) is 5.92 Å². The first-order valence-electron chi connectivity index (χ1n) is 11.7. The molecule has 2 atom stereocenters. The summed E-state index contributed by atoms with van der Waals surface area (Å²) in [6.45, 7) is 0.753. The molecule has 0 spiro atoms. The molecule has 34 heavy (non-hydrogen) atoms. The normalized spacial score (nSPS) is 18.7. The van der Waals surface area contributed by atoms with Gasteiger partial charge in [0.2, 0.25) is 5.91 Å². The number of carboxylic acids is 1. The fourth-order valence-corrected chi connectivity index (χ4v) is 5.52. The van der Waals surface area contributed by atoms with Crippen molar-refractivity contribution in [1.29, 1.82) is 0 Å². The number of hydrogen-bond acceptors (Lipinski definition) is 5. The van der Waals surface area contributed by atoms with E-state index in [-0.39, 0.29) is 36.1 Å². The molecule has 7 nitrogen and oxygen atoms in total. The summed E-state index contributed by atoms with van der Waals surface area (Å²) in [5, 5.41) is 14.4. The molecule has 0 aromatic heterocycles. The summed E-state index contributed by atoms with van der Waals surface area (Å²) in [5.74, 6) is 0.00783. The number of benzene rings is 2. The van der Waals surface area contributed by atoms with Gasteiger partial charge in [-0.05, 0) is 47.4 Å². The first-order chi connectivity index (χ1) is 16.5. The largest absolute Gasteiger partial charge is 0.481 e. The van der Waals surface area contributed by atoms with Gasteiger partial charge in [0, 0.05) is 30.7 Å². The van der Waals surface area contributed by atoms with Crippen molar-refractivity contribution >= 4 is 29.7 Å². The molecular weight excluding hydrogens is 452 g/mol. The number of hydrogen-bond donors (Lipinski definition) is 3. The zero-order valence-corrected chi connectivity index (χ0v) is 19.8. The van der Waals surface area contributed by atoms with Crippen molar-refractivity contribution in [1.82, 2.24) is 10.6 Å². The first-order valence-corrected chi connectivity index (χ1v) is 12.8. The van der Waals surface area contributed by atoms with Crippen LogP contribution in [0.15, 0.2) is 48.5 Å². The Kier molecular flexibility index (Phi) is 8.11. The van der Waals surface area contributed by atoms with Gasteiger partial charge in [-0.15, -0.1) is 11.8 Å². The highest BCUT2D eigenvalue weighted by molar-refractivity contribution is 7.99. The molecule has 0 radical (unpaired) electrons. The Balaban J connectivity index is 1.19. The molecule has 2 amide bonds. The van der Waals surface area contributed by atoms with Gasteiger partial charge >= 0.3 is 12.1 Å². The SMILES string of the molecule is O=C(O)CSCCNC(=O)C[C@@H]1CC[C@H](NC(=O)OCC2c3ccccc3-c3ccccc32)C1. The summed E-state index contributed by atoms with van der Waals surface area (Å²) in [4.78, 5) is 35.1. The molecule has 2 aromatic carbocycles. The van der Waals surface area contributed by atoms with Crippen LogP contribution < -0.4 is 10.6 Å². The molecule has 0 aliphatic heterocycles. The van der Waals surface area contributed by atoms with Crippen LogP contribution in [0.3, 0.4) is 0 Å². The molecule has 2 aromatic rings. The van der Waals surface area contributed by atoms with Gasteiger partial charge in [0.25, 0.3) is 0 Å². The fraction of sp³-hybridized carbons (Fsp3) is 0.423.